The van der Waals surface area contributed by atoms with E-state index in [1.165, 1.54) is 29.6 Å². The summed E-state index contributed by atoms with van der Waals surface area (Å²) in [5.74, 6) is -0.461. The summed E-state index contributed by atoms with van der Waals surface area (Å²) in [4.78, 5) is 24.2. The van der Waals surface area contributed by atoms with Gasteiger partial charge in [-0.3, -0.25) is 9.59 Å². The first-order valence-electron chi connectivity index (χ1n) is 11.6. The molecular formula is C26H33N3O5S. The van der Waals surface area contributed by atoms with Crippen LogP contribution in [0.15, 0.2) is 66.1 Å². The third-order valence-electron chi connectivity index (χ3n) is 6.25. The zero-order valence-corrected chi connectivity index (χ0v) is 21.2. The Kier molecular flexibility index (Phi) is 8.69. The molecule has 2 N–H and O–H groups in total. The number of nitrogens with one attached hydrogen (secondary N) is 2. The molecule has 2 aromatic rings. The fraction of sp³-hybridized carbons (Fsp3) is 0.385. The van der Waals surface area contributed by atoms with Gasteiger partial charge in [0.15, 0.2) is 0 Å². The number of anilines is 1. The fourth-order valence-corrected chi connectivity index (χ4v) is 6.21. The third-order valence-corrected chi connectivity index (χ3v) is 8.12. The van der Waals surface area contributed by atoms with E-state index in [1.807, 2.05) is 44.2 Å². The highest BCUT2D eigenvalue weighted by Gasteiger charge is 2.39. The molecule has 0 spiro atoms. The lowest BCUT2D eigenvalue weighted by atomic mass is 9.87. The number of ether oxygens (including phenoxy) is 1. The summed E-state index contributed by atoms with van der Waals surface area (Å²) in [5, 5.41) is 5.72. The minimum absolute atomic E-state index is 0.0373. The molecule has 1 fully saturated rings. The lowest BCUT2D eigenvalue weighted by molar-refractivity contribution is -0.118. The minimum Gasteiger partial charge on any atom is -0.495 e. The van der Waals surface area contributed by atoms with Crippen LogP contribution in [0.1, 0.15) is 25.8 Å². The van der Waals surface area contributed by atoms with Crippen molar-refractivity contribution in [1.82, 2.24) is 9.62 Å². The van der Waals surface area contributed by atoms with Gasteiger partial charge < -0.3 is 15.4 Å². The highest BCUT2D eigenvalue weighted by Crippen LogP contribution is 2.33. The van der Waals surface area contributed by atoms with Crippen molar-refractivity contribution in [2.75, 3.05) is 25.5 Å². The highest BCUT2D eigenvalue weighted by molar-refractivity contribution is 7.89. The summed E-state index contributed by atoms with van der Waals surface area (Å²) in [6.45, 7) is 7.83. The average molecular weight is 500 g/mol. The molecule has 0 bridgehead atoms. The Bertz CT molecular complexity index is 1150. The van der Waals surface area contributed by atoms with Crippen molar-refractivity contribution in [3.05, 3.63) is 66.7 Å². The van der Waals surface area contributed by atoms with E-state index in [1.54, 1.807) is 6.07 Å². The summed E-state index contributed by atoms with van der Waals surface area (Å²) in [6, 6.07) is 14.1. The van der Waals surface area contributed by atoms with Gasteiger partial charge in [-0.15, -0.1) is 0 Å². The van der Waals surface area contributed by atoms with Crippen LogP contribution in [0.25, 0.3) is 0 Å². The topological polar surface area (TPSA) is 105 Å². The first-order chi connectivity index (χ1) is 16.6. The lowest BCUT2D eigenvalue weighted by Gasteiger charge is -2.40. The number of methoxy groups -OCH3 is 1. The second-order valence-corrected chi connectivity index (χ2v) is 10.8. The number of aryl methyl sites for hydroxylation is 1. The van der Waals surface area contributed by atoms with Crippen molar-refractivity contribution in [2.24, 2.45) is 11.8 Å². The fourth-order valence-electron chi connectivity index (χ4n) is 4.43. The van der Waals surface area contributed by atoms with Gasteiger partial charge >= 0.3 is 0 Å². The van der Waals surface area contributed by atoms with E-state index >= 15 is 0 Å². The summed E-state index contributed by atoms with van der Waals surface area (Å²) in [7, 11) is -2.46. The number of sulfonamides is 1. The Morgan fingerprint density at radius 2 is 1.77 bits per heavy atom. The second kappa shape index (κ2) is 11.5. The van der Waals surface area contributed by atoms with Crippen LogP contribution in [0.2, 0.25) is 0 Å². The Morgan fingerprint density at radius 1 is 1.11 bits per heavy atom. The first-order valence-corrected chi connectivity index (χ1v) is 13.0. The molecule has 1 aliphatic heterocycles. The van der Waals surface area contributed by atoms with Crippen LogP contribution >= 0.6 is 0 Å². The molecule has 1 saturated heterocycles. The molecule has 2 unspecified atom stereocenters. The van der Waals surface area contributed by atoms with E-state index in [4.69, 9.17) is 4.74 Å². The summed E-state index contributed by atoms with van der Waals surface area (Å²) in [6.07, 6.45) is 2.13. The van der Waals surface area contributed by atoms with E-state index in [2.05, 4.69) is 17.2 Å². The summed E-state index contributed by atoms with van der Waals surface area (Å²) < 4.78 is 33.8. The molecule has 35 heavy (non-hydrogen) atoms. The van der Waals surface area contributed by atoms with Gasteiger partial charge in [0.25, 0.3) is 0 Å². The number of piperidine rings is 1. The Balaban J connectivity index is 1.71. The lowest BCUT2D eigenvalue weighted by Crippen LogP contribution is -2.55. The number of hydrogen-bond acceptors (Lipinski definition) is 5. The Morgan fingerprint density at radius 3 is 2.37 bits per heavy atom. The SMILES string of the molecule is C=CC(=O)NC1C(C)CN(S(=O)(=O)c2ccc(NC(=O)CCc3ccccc3)cc2OC)CC1C. The van der Waals surface area contributed by atoms with Gasteiger partial charge in [-0.1, -0.05) is 50.8 Å². The molecule has 1 heterocycles. The van der Waals surface area contributed by atoms with Gasteiger partial charge in [-0.25, -0.2) is 8.42 Å². The predicted molar refractivity (Wildman–Crippen MR) is 136 cm³/mol. The van der Waals surface area contributed by atoms with Crippen molar-refractivity contribution in [3.63, 3.8) is 0 Å². The molecule has 2 atom stereocenters. The molecule has 2 amide bonds. The zero-order chi connectivity index (χ0) is 25.6. The highest BCUT2D eigenvalue weighted by atomic mass is 32.2. The zero-order valence-electron chi connectivity index (χ0n) is 20.4. The van der Waals surface area contributed by atoms with Crippen LogP contribution in [0.3, 0.4) is 0 Å². The second-order valence-electron chi connectivity index (χ2n) is 8.91. The van der Waals surface area contributed by atoms with E-state index in [-0.39, 0.29) is 53.4 Å². The molecular weight excluding hydrogens is 466 g/mol. The number of benzene rings is 2. The Labute approximate surface area is 207 Å². The first kappa shape index (κ1) is 26.4. The van der Waals surface area contributed by atoms with Crippen molar-refractivity contribution in [1.29, 1.82) is 0 Å². The predicted octanol–water partition coefficient (Wildman–Crippen LogP) is 3.21. The van der Waals surface area contributed by atoms with Crippen molar-refractivity contribution in [3.8, 4) is 5.75 Å². The molecule has 3 rings (SSSR count). The summed E-state index contributed by atoms with van der Waals surface area (Å²) in [5.41, 5.74) is 1.53. The van der Waals surface area contributed by atoms with E-state index in [9.17, 15) is 18.0 Å². The minimum atomic E-state index is -3.86. The Hall–Kier alpha value is -3.17. The molecule has 2 aromatic carbocycles. The number of carbonyl (C=O) groups is 2. The van der Waals surface area contributed by atoms with Gasteiger partial charge in [-0.2, -0.15) is 4.31 Å². The number of rotatable bonds is 9. The smallest absolute Gasteiger partial charge is 0.246 e. The molecule has 0 saturated carbocycles. The normalized spacial score (nSPS) is 20.6. The molecule has 1 aliphatic rings. The average Bonchev–Trinajstić information content (AvgIpc) is 2.85. The van der Waals surface area contributed by atoms with Crippen LogP contribution < -0.4 is 15.4 Å². The number of carbonyl (C=O) groups excluding carboxylic acids is 2. The molecule has 0 aromatic heterocycles. The van der Waals surface area contributed by atoms with Crippen molar-refractivity contribution >= 4 is 27.5 Å². The molecule has 0 aliphatic carbocycles. The van der Waals surface area contributed by atoms with Crippen molar-refractivity contribution in [2.45, 2.75) is 37.6 Å². The molecule has 0 radical (unpaired) electrons. The largest absolute Gasteiger partial charge is 0.495 e. The number of amides is 2. The van der Waals surface area contributed by atoms with Gasteiger partial charge in [-0.05, 0) is 42.0 Å². The monoisotopic (exact) mass is 499 g/mol. The molecule has 8 nitrogen and oxygen atoms in total. The number of hydrogen-bond donors (Lipinski definition) is 2. The van der Waals surface area contributed by atoms with Gasteiger partial charge in [0.1, 0.15) is 10.6 Å². The summed E-state index contributed by atoms with van der Waals surface area (Å²) >= 11 is 0. The van der Waals surface area contributed by atoms with Crippen LogP contribution in [-0.2, 0) is 26.0 Å². The van der Waals surface area contributed by atoms with Crippen molar-refractivity contribution < 1.29 is 22.7 Å². The van der Waals surface area contributed by atoms with Crippen LogP contribution in [0.4, 0.5) is 5.69 Å². The van der Waals surface area contributed by atoms with Gasteiger partial charge in [0.2, 0.25) is 21.8 Å². The quantitative estimate of drug-likeness (QED) is 0.516. The van der Waals surface area contributed by atoms with E-state index in [0.29, 0.717) is 18.5 Å². The third kappa shape index (κ3) is 6.49. The van der Waals surface area contributed by atoms with Gasteiger partial charge in [0.05, 0.1) is 7.11 Å². The van der Waals surface area contributed by atoms with Crippen LogP contribution in [0.5, 0.6) is 5.75 Å². The van der Waals surface area contributed by atoms with Gasteiger partial charge in [0, 0.05) is 37.3 Å². The van der Waals surface area contributed by atoms with Crippen LogP contribution in [-0.4, -0.2) is 50.8 Å². The molecule has 9 heteroatoms. The number of nitrogens with zero attached hydrogens (tertiary/aromatic N) is 1. The maximum Gasteiger partial charge on any atom is 0.246 e. The maximum atomic E-state index is 13.5. The van der Waals surface area contributed by atoms with Crippen LogP contribution in [0, 0.1) is 11.8 Å². The maximum absolute atomic E-state index is 13.5. The standard InChI is InChI=1S/C26H33N3O5S/c1-5-24(30)28-26-18(2)16-29(17-19(26)3)35(32,33)23-13-12-21(15-22(23)34-4)27-25(31)14-11-20-9-7-6-8-10-20/h5-10,12-13,15,18-19,26H,1,11,14,16-17H2,2-4H3,(H,27,31)(H,28,30). The van der Waals surface area contributed by atoms with E-state index in [0.717, 1.165) is 5.56 Å². The van der Waals surface area contributed by atoms with E-state index < -0.39 is 10.0 Å². The molecule has 188 valence electrons.